The lowest BCUT2D eigenvalue weighted by Crippen LogP contribution is -2.01. The normalized spacial score (nSPS) is 14.0. The molecule has 0 N–H and O–H groups in total. The van der Waals surface area contributed by atoms with Crippen LogP contribution in [0.15, 0.2) is 9.98 Å². The molecule has 1 unspecified atom stereocenters. The van der Waals surface area contributed by atoms with Crippen LogP contribution in [0.25, 0.3) is 0 Å². The van der Waals surface area contributed by atoms with Crippen LogP contribution in [0.1, 0.15) is 168 Å². The third kappa shape index (κ3) is 18.8. The molecule has 0 bridgehead atoms. The second-order valence-corrected chi connectivity index (χ2v) is 10.3. The van der Waals surface area contributed by atoms with E-state index in [1.165, 1.54) is 148 Å². The van der Waals surface area contributed by atoms with Gasteiger partial charge >= 0.3 is 0 Å². The van der Waals surface area contributed by atoms with Gasteiger partial charge in [0, 0.05) is 0 Å². The predicted octanol–water partition coefficient (Wildman–Crippen LogP) is 10.6. The van der Waals surface area contributed by atoms with Gasteiger partial charge in [0.1, 0.15) is 0 Å². The lowest BCUT2D eigenvalue weighted by molar-refractivity contribution is 0.372. The third-order valence-electron chi connectivity index (χ3n) is 7.21. The molecule has 0 aliphatic carbocycles. The molecule has 1 aliphatic heterocycles. The Labute approximate surface area is 202 Å². The molecule has 1 heterocycles. The highest BCUT2D eigenvalue weighted by molar-refractivity contribution is 6.18. The summed E-state index contributed by atoms with van der Waals surface area (Å²) < 4.78 is 0. The van der Waals surface area contributed by atoms with Gasteiger partial charge in [0.2, 0.25) is 6.17 Å². The van der Waals surface area contributed by atoms with Gasteiger partial charge in [0.25, 0.3) is 0 Å². The molecule has 1 rings (SSSR count). The molecule has 1 aliphatic rings. The molecule has 2 nitrogen and oxygen atoms in total. The zero-order chi connectivity index (χ0) is 23.0. The van der Waals surface area contributed by atoms with Crippen LogP contribution in [-0.4, -0.2) is 12.4 Å². The molecular weight excluding hydrogens is 388 g/mol. The Morgan fingerprint density at radius 1 is 0.469 bits per heavy atom. The maximum atomic E-state index is 4.30. The Kier molecular flexibility index (Phi) is 21.4. The highest BCUT2D eigenvalue weighted by Crippen LogP contribution is 2.25. The second kappa shape index (κ2) is 23.4. The number of hydrogen-bond acceptors (Lipinski definition) is 2. The minimum Gasteiger partial charge on any atom is -0.0968 e. The molecule has 2 heteroatoms. The SMILES string of the molecule is CCCCCCCCCCCCCCCCCCC(CCCC)CCCC[C+]1N=CC=N1. The van der Waals surface area contributed by atoms with E-state index in [4.69, 9.17) is 0 Å². The number of aliphatic imine (C=N–C) groups is 2. The van der Waals surface area contributed by atoms with E-state index in [0.717, 1.165) is 18.5 Å². The Morgan fingerprint density at radius 2 is 0.844 bits per heavy atom. The van der Waals surface area contributed by atoms with Crippen molar-refractivity contribution in [2.75, 3.05) is 0 Å². The average molecular weight is 446 g/mol. The summed E-state index contributed by atoms with van der Waals surface area (Å²) in [4.78, 5) is 8.59. The fourth-order valence-corrected chi connectivity index (χ4v) is 5.02. The van der Waals surface area contributed by atoms with Gasteiger partial charge in [0.15, 0.2) is 12.4 Å². The minimum absolute atomic E-state index is 0.960. The molecule has 0 amide bonds. The van der Waals surface area contributed by atoms with Gasteiger partial charge in [-0.05, 0) is 12.3 Å². The first kappa shape index (κ1) is 29.2. The standard InChI is InChI=1S/C30H57N2/c1-3-5-7-8-9-10-11-12-13-14-15-16-17-18-19-20-24-29(23-6-4-2)25-21-22-26-30-31-27-28-32-30/h27-29H,3-26H2,1-2H3/q+1. The quantitative estimate of drug-likeness (QED) is 0.0985. The summed E-state index contributed by atoms with van der Waals surface area (Å²) >= 11 is 0. The van der Waals surface area contributed by atoms with E-state index in [1.807, 2.05) is 12.4 Å². The summed E-state index contributed by atoms with van der Waals surface area (Å²) in [6.45, 7) is 4.63. The smallest absolute Gasteiger partial charge is 0.0968 e. The summed E-state index contributed by atoms with van der Waals surface area (Å²) in [5.74, 6) is 0.960. The van der Waals surface area contributed by atoms with E-state index in [-0.39, 0.29) is 0 Å². The van der Waals surface area contributed by atoms with Crippen LogP contribution in [0.2, 0.25) is 0 Å². The largest absolute Gasteiger partial charge is 0.240 e. The van der Waals surface area contributed by atoms with Crippen molar-refractivity contribution in [3.8, 4) is 0 Å². The van der Waals surface area contributed by atoms with Gasteiger partial charge in [0.05, 0.1) is 6.42 Å². The van der Waals surface area contributed by atoms with E-state index in [1.54, 1.807) is 0 Å². The first-order chi connectivity index (χ1) is 15.9. The lowest BCUT2D eigenvalue weighted by atomic mass is 9.90. The topological polar surface area (TPSA) is 24.7 Å². The van der Waals surface area contributed by atoms with Crippen LogP contribution in [0.5, 0.6) is 0 Å². The molecule has 0 aromatic heterocycles. The Bertz CT molecular complexity index is 417. The molecular formula is C30H57N2+. The van der Waals surface area contributed by atoms with Gasteiger partial charge in [-0.15, -0.1) is 0 Å². The maximum Gasteiger partial charge on any atom is 0.240 e. The average Bonchev–Trinajstić information content (AvgIpc) is 3.33. The second-order valence-electron chi connectivity index (χ2n) is 10.3. The zero-order valence-electron chi connectivity index (χ0n) is 22.1. The van der Waals surface area contributed by atoms with E-state index in [0.29, 0.717) is 0 Å². The van der Waals surface area contributed by atoms with Crippen molar-refractivity contribution in [3.05, 3.63) is 6.17 Å². The minimum atomic E-state index is 0.960. The lowest BCUT2D eigenvalue weighted by Gasteiger charge is -2.16. The molecule has 0 aromatic carbocycles. The molecule has 0 fully saturated rings. The summed E-state index contributed by atoms with van der Waals surface area (Å²) in [6.07, 6.45) is 38.8. The number of hydrogen-bond donors (Lipinski definition) is 0. The Morgan fingerprint density at radius 3 is 1.31 bits per heavy atom. The van der Waals surface area contributed by atoms with Crippen molar-refractivity contribution in [2.24, 2.45) is 15.9 Å². The molecule has 0 spiro atoms. The van der Waals surface area contributed by atoms with Gasteiger partial charge in [-0.25, -0.2) is 0 Å². The number of unbranched alkanes of at least 4 members (excludes halogenated alkanes) is 17. The molecule has 1 atom stereocenters. The molecule has 32 heavy (non-hydrogen) atoms. The number of rotatable bonds is 25. The van der Waals surface area contributed by atoms with Crippen molar-refractivity contribution in [3.63, 3.8) is 0 Å². The summed E-state index contributed by atoms with van der Waals surface area (Å²) in [5.41, 5.74) is 0. The van der Waals surface area contributed by atoms with E-state index in [9.17, 15) is 0 Å². The Balaban J connectivity index is 1.86. The predicted molar refractivity (Wildman–Crippen MR) is 146 cm³/mol. The summed E-state index contributed by atoms with van der Waals surface area (Å²) in [7, 11) is 0. The Hall–Kier alpha value is -0.790. The fraction of sp³-hybridized carbons (Fsp3) is 0.900. The molecule has 0 aromatic rings. The zero-order valence-corrected chi connectivity index (χ0v) is 22.1. The van der Waals surface area contributed by atoms with Crippen LogP contribution in [0, 0.1) is 12.1 Å². The highest BCUT2D eigenvalue weighted by Gasteiger charge is 2.15. The van der Waals surface area contributed by atoms with Crippen molar-refractivity contribution in [1.29, 1.82) is 0 Å². The van der Waals surface area contributed by atoms with E-state index in [2.05, 4.69) is 23.8 Å². The molecule has 0 saturated heterocycles. The maximum absolute atomic E-state index is 4.30. The van der Waals surface area contributed by atoms with Gasteiger partial charge in [-0.2, -0.15) is 0 Å². The van der Waals surface area contributed by atoms with Crippen LogP contribution in [-0.2, 0) is 0 Å². The van der Waals surface area contributed by atoms with Crippen LogP contribution >= 0.6 is 0 Å². The summed E-state index contributed by atoms with van der Waals surface area (Å²) in [5, 5.41) is 0. The first-order valence-corrected chi connectivity index (χ1v) is 14.8. The van der Waals surface area contributed by atoms with Crippen molar-refractivity contribution in [2.45, 2.75) is 168 Å². The van der Waals surface area contributed by atoms with Crippen LogP contribution in [0.3, 0.4) is 0 Å². The van der Waals surface area contributed by atoms with E-state index < -0.39 is 0 Å². The van der Waals surface area contributed by atoms with Gasteiger partial charge < -0.3 is 0 Å². The van der Waals surface area contributed by atoms with Gasteiger partial charge in [-0.3, -0.25) is 0 Å². The highest BCUT2D eigenvalue weighted by atomic mass is 15.0. The van der Waals surface area contributed by atoms with Crippen LogP contribution in [0.4, 0.5) is 0 Å². The van der Waals surface area contributed by atoms with Crippen molar-refractivity contribution >= 4 is 12.4 Å². The fourth-order valence-electron chi connectivity index (χ4n) is 5.02. The van der Waals surface area contributed by atoms with Gasteiger partial charge in [-0.1, -0.05) is 165 Å². The molecule has 0 saturated carbocycles. The van der Waals surface area contributed by atoms with E-state index >= 15 is 0 Å². The van der Waals surface area contributed by atoms with Crippen molar-refractivity contribution in [1.82, 2.24) is 0 Å². The van der Waals surface area contributed by atoms with Crippen molar-refractivity contribution < 1.29 is 0 Å². The molecule has 0 radical (unpaired) electrons. The monoisotopic (exact) mass is 445 g/mol. The van der Waals surface area contributed by atoms with Crippen LogP contribution < -0.4 is 0 Å². The first-order valence-electron chi connectivity index (χ1n) is 14.8. The third-order valence-corrected chi connectivity index (χ3v) is 7.21. The number of nitrogens with zero attached hydrogens (tertiary/aromatic N) is 2. The molecule has 186 valence electrons. The summed E-state index contributed by atoms with van der Waals surface area (Å²) in [6, 6.07) is 0.